The molecular weight excluding hydrogens is 236 g/mol. The van der Waals surface area contributed by atoms with Crippen molar-refractivity contribution < 1.29 is 9.84 Å². The van der Waals surface area contributed by atoms with Crippen molar-refractivity contribution in [3.63, 3.8) is 0 Å². The van der Waals surface area contributed by atoms with E-state index < -0.39 is 0 Å². The molecular formula is C17H26O2. The minimum absolute atomic E-state index is 0.340. The zero-order chi connectivity index (χ0) is 13.9. The molecule has 0 aromatic heterocycles. The number of rotatable bonds is 9. The fourth-order valence-electron chi connectivity index (χ4n) is 2.00. The van der Waals surface area contributed by atoms with Gasteiger partial charge in [0.25, 0.3) is 0 Å². The number of methoxy groups -OCH3 is 1. The second-order valence-electron chi connectivity index (χ2n) is 4.88. The maximum Gasteiger partial charge on any atom is 0.119 e. The van der Waals surface area contributed by atoms with Gasteiger partial charge in [0.1, 0.15) is 5.75 Å². The smallest absolute Gasteiger partial charge is 0.119 e. The van der Waals surface area contributed by atoms with Crippen molar-refractivity contribution in [2.75, 3.05) is 7.11 Å². The molecule has 0 aliphatic heterocycles. The Morgan fingerprint density at radius 3 is 2.89 bits per heavy atom. The Bertz CT molecular complexity index is 371. The summed E-state index contributed by atoms with van der Waals surface area (Å²) in [5, 5.41) is 9.88. The van der Waals surface area contributed by atoms with Crippen molar-refractivity contribution in [2.24, 2.45) is 0 Å². The molecule has 0 aliphatic rings. The van der Waals surface area contributed by atoms with Crippen molar-refractivity contribution in [3.05, 3.63) is 42.0 Å². The van der Waals surface area contributed by atoms with Crippen LogP contribution in [-0.2, 0) is 6.42 Å². The Hall–Kier alpha value is -1.28. The molecule has 0 fully saturated rings. The number of aliphatic hydroxyl groups excluding tert-OH is 1. The van der Waals surface area contributed by atoms with Gasteiger partial charge in [0.05, 0.1) is 13.2 Å². The van der Waals surface area contributed by atoms with Gasteiger partial charge in [-0.1, -0.05) is 44.1 Å². The van der Waals surface area contributed by atoms with E-state index in [1.165, 1.54) is 24.8 Å². The average molecular weight is 262 g/mol. The van der Waals surface area contributed by atoms with Crippen molar-refractivity contribution in [1.82, 2.24) is 0 Å². The summed E-state index contributed by atoms with van der Waals surface area (Å²) in [7, 11) is 1.67. The zero-order valence-corrected chi connectivity index (χ0v) is 12.1. The number of unbranched alkanes of at least 4 members (excludes halogenated alkanes) is 3. The van der Waals surface area contributed by atoms with Gasteiger partial charge < -0.3 is 9.84 Å². The van der Waals surface area contributed by atoms with Crippen LogP contribution in [0.2, 0.25) is 0 Å². The lowest BCUT2D eigenvalue weighted by Crippen LogP contribution is -2.03. The SMILES string of the molecule is CCCCC/C=C/C(O)CCc1cccc(OC)c1. The Balaban J connectivity index is 2.27. The van der Waals surface area contributed by atoms with Gasteiger partial charge in [-0.15, -0.1) is 0 Å². The highest BCUT2D eigenvalue weighted by Gasteiger charge is 2.01. The molecule has 0 bridgehead atoms. The van der Waals surface area contributed by atoms with Crippen LogP contribution in [0.1, 0.15) is 44.6 Å². The van der Waals surface area contributed by atoms with Crippen LogP contribution in [0.3, 0.4) is 0 Å². The molecule has 0 saturated carbocycles. The molecule has 0 aliphatic carbocycles. The van der Waals surface area contributed by atoms with Crippen LogP contribution in [0.4, 0.5) is 0 Å². The van der Waals surface area contributed by atoms with Gasteiger partial charge in [0.15, 0.2) is 0 Å². The van der Waals surface area contributed by atoms with Crippen LogP contribution in [0.25, 0.3) is 0 Å². The van der Waals surface area contributed by atoms with Crippen molar-refractivity contribution >= 4 is 0 Å². The standard InChI is InChI=1S/C17H26O2/c1-3-4-5-6-7-10-16(18)13-12-15-9-8-11-17(14-15)19-2/h7-11,14,16,18H,3-6,12-13H2,1-2H3/b10-7+. The normalized spacial score (nSPS) is 12.8. The van der Waals surface area contributed by atoms with Gasteiger partial charge in [0, 0.05) is 0 Å². The van der Waals surface area contributed by atoms with E-state index in [9.17, 15) is 5.11 Å². The molecule has 1 aromatic carbocycles. The fourth-order valence-corrected chi connectivity index (χ4v) is 2.00. The van der Waals surface area contributed by atoms with E-state index in [1.54, 1.807) is 7.11 Å². The van der Waals surface area contributed by atoms with E-state index >= 15 is 0 Å². The van der Waals surface area contributed by atoms with E-state index in [-0.39, 0.29) is 6.10 Å². The highest BCUT2D eigenvalue weighted by atomic mass is 16.5. The van der Waals surface area contributed by atoms with Crippen LogP contribution >= 0.6 is 0 Å². The Morgan fingerprint density at radius 1 is 1.32 bits per heavy atom. The largest absolute Gasteiger partial charge is 0.497 e. The molecule has 2 heteroatoms. The number of allylic oxidation sites excluding steroid dienone is 1. The molecule has 2 nitrogen and oxygen atoms in total. The molecule has 0 amide bonds. The number of hydrogen-bond donors (Lipinski definition) is 1. The summed E-state index contributed by atoms with van der Waals surface area (Å²) in [5.41, 5.74) is 1.21. The van der Waals surface area contributed by atoms with Crippen molar-refractivity contribution in [3.8, 4) is 5.75 Å². The summed E-state index contributed by atoms with van der Waals surface area (Å²) < 4.78 is 5.19. The van der Waals surface area contributed by atoms with Crippen molar-refractivity contribution in [2.45, 2.75) is 51.6 Å². The summed E-state index contributed by atoms with van der Waals surface area (Å²) in [4.78, 5) is 0. The minimum Gasteiger partial charge on any atom is -0.497 e. The van der Waals surface area contributed by atoms with Gasteiger partial charge in [-0.2, -0.15) is 0 Å². The first-order chi connectivity index (χ1) is 9.26. The highest BCUT2D eigenvalue weighted by Crippen LogP contribution is 2.14. The summed E-state index contributed by atoms with van der Waals surface area (Å²) in [6.07, 6.45) is 10.1. The van der Waals surface area contributed by atoms with Crippen molar-refractivity contribution in [1.29, 1.82) is 0 Å². The third-order valence-electron chi connectivity index (χ3n) is 3.20. The first-order valence-corrected chi connectivity index (χ1v) is 7.24. The van der Waals surface area contributed by atoms with E-state index in [0.717, 1.165) is 25.0 Å². The molecule has 0 saturated heterocycles. The van der Waals surface area contributed by atoms with E-state index in [0.29, 0.717) is 0 Å². The van der Waals surface area contributed by atoms with Gasteiger partial charge >= 0.3 is 0 Å². The van der Waals surface area contributed by atoms with E-state index in [2.05, 4.69) is 19.1 Å². The van der Waals surface area contributed by atoms with Crippen LogP contribution in [-0.4, -0.2) is 18.3 Å². The highest BCUT2D eigenvalue weighted by molar-refractivity contribution is 5.28. The van der Waals surface area contributed by atoms with Gasteiger partial charge in [-0.05, 0) is 43.4 Å². The Morgan fingerprint density at radius 2 is 2.16 bits per heavy atom. The molecule has 1 unspecified atom stereocenters. The lowest BCUT2D eigenvalue weighted by Gasteiger charge is -2.07. The molecule has 0 heterocycles. The number of hydrogen-bond acceptors (Lipinski definition) is 2. The molecule has 0 spiro atoms. The second kappa shape index (κ2) is 9.62. The van der Waals surface area contributed by atoms with Gasteiger partial charge in [0.2, 0.25) is 0 Å². The summed E-state index contributed by atoms with van der Waals surface area (Å²) >= 11 is 0. The number of ether oxygens (including phenoxy) is 1. The quantitative estimate of drug-likeness (QED) is 0.535. The maximum atomic E-state index is 9.88. The summed E-state index contributed by atoms with van der Waals surface area (Å²) in [6.45, 7) is 2.20. The van der Waals surface area contributed by atoms with Crippen LogP contribution in [0.5, 0.6) is 5.75 Å². The molecule has 0 radical (unpaired) electrons. The third-order valence-corrected chi connectivity index (χ3v) is 3.20. The fraction of sp³-hybridized carbons (Fsp3) is 0.529. The van der Waals surface area contributed by atoms with Crippen LogP contribution in [0.15, 0.2) is 36.4 Å². The maximum absolute atomic E-state index is 9.88. The topological polar surface area (TPSA) is 29.5 Å². The third kappa shape index (κ3) is 7.02. The molecule has 1 rings (SSSR count). The lowest BCUT2D eigenvalue weighted by molar-refractivity contribution is 0.212. The number of aryl methyl sites for hydroxylation is 1. The van der Waals surface area contributed by atoms with Gasteiger partial charge in [-0.25, -0.2) is 0 Å². The first kappa shape index (κ1) is 15.8. The number of benzene rings is 1. The van der Waals surface area contributed by atoms with Gasteiger partial charge in [-0.3, -0.25) is 0 Å². The summed E-state index contributed by atoms with van der Waals surface area (Å²) in [5.74, 6) is 0.877. The zero-order valence-electron chi connectivity index (χ0n) is 12.1. The van der Waals surface area contributed by atoms with E-state index in [1.807, 2.05) is 24.3 Å². The molecule has 1 aromatic rings. The van der Waals surface area contributed by atoms with Crippen LogP contribution < -0.4 is 4.74 Å². The van der Waals surface area contributed by atoms with E-state index in [4.69, 9.17) is 4.74 Å². The monoisotopic (exact) mass is 262 g/mol. The molecule has 19 heavy (non-hydrogen) atoms. The summed E-state index contributed by atoms with van der Waals surface area (Å²) in [6, 6.07) is 8.02. The predicted molar refractivity (Wildman–Crippen MR) is 80.6 cm³/mol. The lowest BCUT2D eigenvalue weighted by atomic mass is 10.1. The number of aliphatic hydroxyl groups is 1. The predicted octanol–water partition coefficient (Wildman–Crippen LogP) is 4.13. The Kier molecular flexibility index (Phi) is 7.99. The molecule has 1 N–H and O–H groups in total. The second-order valence-corrected chi connectivity index (χ2v) is 4.88. The molecule has 1 atom stereocenters. The minimum atomic E-state index is -0.340. The Labute approximate surface area is 117 Å². The first-order valence-electron chi connectivity index (χ1n) is 7.24. The molecule has 106 valence electrons. The average Bonchev–Trinajstić information content (AvgIpc) is 2.45. The van der Waals surface area contributed by atoms with Crippen LogP contribution in [0, 0.1) is 0 Å².